The van der Waals surface area contributed by atoms with E-state index in [0.29, 0.717) is 11.8 Å². The van der Waals surface area contributed by atoms with Crippen molar-refractivity contribution >= 4 is 22.9 Å². The Morgan fingerprint density at radius 1 is 1.24 bits per heavy atom. The van der Waals surface area contributed by atoms with Crippen molar-refractivity contribution in [1.29, 1.82) is 0 Å². The summed E-state index contributed by atoms with van der Waals surface area (Å²) in [7, 11) is 0. The van der Waals surface area contributed by atoms with Gasteiger partial charge >= 0.3 is 0 Å². The number of nitrogens with zero attached hydrogens (tertiary/aromatic N) is 1. The maximum absolute atomic E-state index is 5.71. The first-order valence-electron chi connectivity index (χ1n) is 5.81. The van der Waals surface area contributed by atoms with E-state index in [-0.39, 0.29) is 0 Å². The number of rotatable bonds is 4. The molecule has 0 saturated carbocycles. The highest BCUT2D eigenvalue weighted by Gasteiger charge is 2.05. The maximum Gasteiger partial charge on any atom is 0.0944 e. The molecule has 0 fully saturated rings. The van der Waals surface area contributed by atoms with E-state index < -0.39 is 0 Å². The highest BCUT2D eigenvalue weighted by Crippen LogP contribution is 2.24. The van der Waals surface area contributed by atoms with Gasteiger partial charge in [-0.05, 0) is 11.5 Å². The zero-order valence-corrected chi connectivity index (χ0v) is 11.7. The summed E-state index contributed by atoms with van der Waals surface area (Å²) in [4.78, 5) is 4.58. The van der Waals surface area contributed by atoms with Gasteiger partial charge in [0.15, 0.2) is 0 Å². The van der Waals surface area contributed by atoms with Crippen molar-refractivity contribution < 1.29 is 0 Å². The Balaban J connectivity index is 2.21. The van der Waals surface area contributed by atoms with Gasteiger partial charge in [0.1, 0.15) is 0 Å². The molecule has 0 amide bonds. The molecule has 3 heteroatoms. The minimum Gasteiger partial charge on any atom is -0.241 e. The highest BCUT2D eigenvalue weighted by atomic mass is 35.5. The number of aryl methyl sites for hydroxylation is 1. The standard InChI is InChI=1S/C14H16ClNS/c1-10(2)11-3-5-12(6-4-11)13-9-17-14(16-13)7-8-15/h3-6,9-10H,7-8H2,1-2H3. The zero-order valence-electron chi connectivity index (χ0n) is 10.1. The summed E-state index contributed by atoms with van der Waals surface area (Å²) in [6, 6.07) is 8.66. The fraction of sp³-hybridized carbons (Fsp3) is 0.357. The number of hydrogen-bond donors (Lipinski definition) is 0. The molecule has 0 aliphatic heterocycles. The van der Waals surface area contributed by atoms with Gasteiger partial charge in [-0.25, -0.2) is 4.98 Å². The number of alkyl halides is 1. The Morgan fingerprint density at radius 2 is 1.94 bits per heavy atom. The fourth-order valence-corrected chi connectivity index (χ4v) is 2.78. The average molecular weight is 266 g/mol. The van der Waals surface area contributed by atoms with Crippen molar-refractivity contribution in [2.24, 2.45) is 0 Å². The van der Waals surface area contributed by atoms with Gasteiger partial charge in [0.05, 0.1) is 10.7 Å². The molecule has 0 unspecified atom stereocenters. The molecule has 0 spiro atoms. The third-order valence-corrected chi connectivity index (χ3v) is 3.83. The van der Waals surface area contributed by atoms with E-state index in [1.165, 1.54) is 11.1 Å². The average Bonchev–Trinajstić information content (AvgIpc) is 2.78. The first-order chi connectivity index (χ1) is 8.20. The van der Waals surface area contributed by atoms with Crippen LogP contribution in [0.2, 0.25) is 0 Å². The van der Waals surface area contributed by atoms with Gasteiger partial charge in [-0.2, -0.15) is 0 Å². The molecule has 1 nitrogen and oxygen atoms in total. The van der Waals surface area contributed by atoms with E-state index in [9.17, 15) is 0 Å². The van der Waals surface area contributed by atoms with Gasteiger partial charge < -0.3 is 0 Å². The Morgan fingerprint density at radius 3 is 2.53 bits per heavy atom. The molecule has 17 heavy (non-hydrogen) atoms. The van der Waals surface area contributed by atoms with Crippen LogP contribution in [-0.4, -0.2) is 10.9 Å². The van der Waals surface area contributed by atoms with Gasteiger partial charge in [-0.1, -0.05) is 38.1 Å². The van der Waals surface area contributed by atoms with Crippen molar-refractivity contribution in [3.8, 4) is 11.3 Å². The van der Waals surface area contributed by atoms with Crippen LogP contribution in [0.15, 0.2) is 29.6 Å². The molecule has 0 N–H and O–H groups in total. The molecular weight excluding hydrogens is 250 g/mol. The number of benzene rings is 1. The van der Waals surface area contributed by atoms with E-state index in [4.69, 9.17) is 11.6 Å². The molecule has 1 heterocycles. The molecule has 2 rings (SSSR count). The van der Waals surface area contributed by atoms with Gasteiger partial charge in [0.25, 0.3) is 0 Å². The van der Waals surface area contributed by atoms with E-state index in [1.54, 1.807) is 11.3 Å². The molecule has 0 aliphatic rings. The number of hydrogen-bond acceptors (Lipinski definition) is 2. The van der Waals surface area contributed by atoms with E-state index in [2.05, 4.69) is 48.5 Å². The highest BCUT2D eigenvalue weighted by molar-refractivity contribution is 7.10. The molecule has 0 bridgehead atoms. The molecule has 0 atom stereocenters. The second-order valence-electron chi connectivity index (χ2n) is 4.34. The Hall–Kier alpha value is -0.860. The quantitative estimate of drug-likeness (QED) is 0.730. The van der Waals surface area contributed by atoms with Crippen LogP contribution in [-0.2, 0) is 6.42 Å². The topological polar surface area (TPSA) is 12.9 Å². The Kier molecular flexibility index (Phi) is 4.19. The molecule has 0 saturated heterocycles. The van der Waals surface area contributed by atoms with Crippen LogP contribution in [0.3, 0.4) is 0 Å². The first kappa shape index (κ1) is 12.6. The molecule has 1 aromatic carbocycles. The largest absolute Gasteiger partial charge is 0.241 e. The van der Waals surface area contributed by atoms with Crippen molar-refractivity contribution in [3.05, 3.63) is 40.2 Å². The van der Waals surface area contributed by atoms with Crippen LogP contribution in [0, 0.1) is 0 Å². The normalized spacial score (nSPS) is 11.1. The van der Waals surface area contributed by atoms with Crippen molar-refractivity contribution in [2.45, 2.75) is 26.2 Å². The summed E-state index contributed by atoms with van der Waals surface area (Å²) in [5.74, 6) is 1.21. The summed E-state index contributed by atoms with van der Waals surface area (Å²) >= 11 is 7.40. The number of thiazole rings is 1. The van der Waals surface area contributed by atoms with Crippen LogP contribution in [0.25, 0.3) is 11.3 Å². The van der Waals surface area contributed by atoms with Gasteiger partial charge in [0, 0.05) is 23.2 Å². The molecule has 0 aliphatic carbocycles. The SMILES string of the molecule is CC(C)c1ccc(-c2csc(CCCl)n2)cc1. The number of aromatic nitrogens is 1. The summed E-state index contributed by atoms with van der Waals surface area (Å²) < 4.78 is 0. The summed E-state index contributed by atoms with van der Waals surface area (Å²) in [5.41, 5.74) is 3.61. The molecule has 90 valence electrons. The molecule has 2 aromatic rings. The summed E-state index contributed by atoms with van der Waals surface area (Å²) in [6.45, 7) is 4.41. The lowest BCUT2D eigenvalue weighted by molar-refractivity contribution is 0.867. The second kappa shape index (κ2) is 5.65. The minimum atomic E-state index is 0.575. The van der Waals surface area contributed by atoms with Crippen LogP contribution in [0.1, 0.15) is 30.3 Å². The molecule has 0 radical (unpaired) electrons. The summed E-state index contributed by atoms with van der Waals surface area (Å²) in [5, 5.41) is 3.22. The van der Waals surface area contributed by atoms with Crippen molar-refractivity contribution in [2.75, 3.05) is 5.88 Å². The lowest BCUT2D eigenvalue weighted by atomic mass is 10.0. The fourth-order valence-electron chi connectivity index (χ4n) is 1.68. The molecular formula is C14H16ClNS. The zero-order chi connectivity index (χ0) is 12.3. The van der Waals surface area contributed by atoms with E-state index >= 15 is 0 Å². The minimum absolute atomic E-state index is 0.575. The van der Waals surface area contributed by atoms with Gasteiger partial charge in [-0.15, -0.1) is 22.9 Å². The maximum atomic E-state index is 5.71. The number of halogens is 1. The lowest BCUT2D eigenvalue weighted by Gasteiger charge is -2.05. The lowest BCUT2D eigenvalue weighted by Crippen LogP contribution is -1.88. The predicted molar refractivity (Wildman–Crippen MR) is 76.1 cm³/mol. The van der Waals surface area contributed by atoms with E-state index in [1.807, 2.05) is 0 Å². The van der Waals surface area contributed by atoms with Crippen molar-refractivity contribution in [1.82, 2.24) is 4.98 Å². The molecule has 1 aromatic heterocycles. The second-order valence-corrected chi connectivity index (χ2v) is 5.66. The summed E-state index contributed by atoms with van der Waals surface area (Å²) in [6.07, 6.45) is 0.857. The van der Waals surface area contributed by atoms with Crippen LogP contribution in [0.4, 0.5) is 0 Å². The van der Waals surface area contributed by atoms with Gasteiger partial charge in [-0.3, -0.25) is 0 Å². The third kappa shape index (κ3) is 3.08. The van der Waals surface area contributed by atoms with Crippen LogP contribution < -0.4 is 0 Å². The van der Waals surface area contributed by atoms with Gasteiger partial charge in [0.2, 0.25) is 0 Å². The third-order valence-electron chi connectivity index (χ3n) is 2.73. The Labute approximate surface area is 111 Å². The van der Waals surface area contributed by atoms with Crippen LogP contribution >= 0.6 is 22.9 Å². The van der Waals surface area contributed by atoms with E-state index in [0.717, 1.165) is 17.1 Å². The smallest absolute Gasteiger partial charge is 0.0944 e. The van der Waals surface area contributed by atoms with Crippen LogP contribution in [0.5, 0.6) is 0 Å². The monoisotopic (exact) mass is 265 g/mol. The Bertz CT molecular complexity index is 473. The predicted octanol–water partition coefficient (Wildman–Crippen LogP) is 4.71. The van der Waals surface area contributed by atoms with Crippen molar-refractivity contribution in [3.63, 3.8) is 0 Å². The first-order valence-corrected chi connectivity index (χ1v) is 7.23.